The molecule has 0 aromatic carbocycles. The van der Waals surface area contributed by atoms with E-state index in [1.807, 2.05) is 0 Å². The van der Waals surface area contributed by atoms with Gasteiger partial charge in [0.15, 0.2) is 5.69 Å². The minimum atomic E-state index is -4.48. The fourth-order valence-electron chi connectivity index (χ4n) is 2.47. The largest absolute Gasteiger partial charge is 0.435 e. The van der Waals surface area contributed by atoms with Gasteiger partial charge in [-0.05, 0) is 47.0 Å². The fourth-order valence-corrected chi connectivity index (χ4v) is 2.70. The van der Waals surface area contributed by atoms with Crippen LogP contribution in [0.4, 0.5) is 19.0 Å². The van der Waals surface area contributed by atoms with Crippen LogP contribution in [0.25, 0.3) is 0 Å². The second kappa shape index (κ2) is 6.78. The maximum Gasteiger partial charge on any atom is 0.435 e. The molecule has 134 valence electrons. The van der Waals surface area contributed by atoms with Crippen LogP contribution in [0.2, 0.25) is 0 Å². The van der Waals surface area contributed by atoms with Gasteiger partial charge in [0.2, 0.25) is 5.91 Å². The summed E-state index contributed by atoms with van der Waals surface area (Å²) in [4.78, 5) is 16.3. The summed E-state index contributed by atoms with van der Waals surface area (Å²) in [5.74, 6) is -0.379. The van der Waals surface area contributed by atoms with Crippen LogP contribution in [0.15, 0.2) is 28.9 Å². The Morgan fingerprint density at radius 3 is 2.72 bits per heavy atom. The topological polar surface area (TPSA) is 59.8 Å². The third-order valence-corrected chi connectivity index (χ3v) is 4.44. The summed E-state index contributed by atoms with van der Waals surface area (Å²) in [7, 11) is 0. The molecule has 2 aromatic heterocycles. The van der Waals surface area contributed by atoms with Crippen molar-refractivity contribution in [2.24, 2.45) is 5.92 Å². The first-order valence-corrected chi connectivity index (χ1v) is 8.60. The third-order valence-electron chi connectivity index (χ3n) is 3.97. The van der Waals surface area contributed by atoms with Gasteiger partial charge in [0.1, 0.15) is 5.82 Å². The molecular weight excluding hydrogens is 401 g/mol. The lowest BCUT2D eigenvalue weighted by atomic mass is 10.1. The maximum atomic E-state index is 12.9. The van der Waals surface area contributed by atoms with Gasteiger partial charge in [0.25, 0.3) is 0 Å². The number of rotatable bonds is 5. The lowest BCUT2D eigenvalue weighted by Crippen LogP contribution is -2.26. The molecule has 5 nitrogen and oxygen atoms in total. The predicted molar refractivity (Wildman–Crippen MR) is 88.9 cm³/mol. The number of carbonyl (C=O) groups is 1. The van der Waals surface area contributed by atoms with E-state index >= 15 is 0 Å². The minimum Gasteiger partial charge on any atom is -0.310 e. The summed E-state index contributed by atoms with van der Waals surface area (Å²) in [5.41, 5.74) is -0.356. The molecule has 1 N–H and O–H groups in total. The van der Waals surface area contributed by atoms with Gasteiger partial charge in [-0.2, -0.15) is 18.3 Å². The number of hydrogen-bond acceptors (Lipinski definition) is 3. The summed E-state index contributed by atoms with van der Waals surface area (Å²) in [5, 5.41) is 6.33. The van der Waals surface area contributed by atoms with E-state index in [0.717, 1.165) is 23.4 Å². The smallest absolute Gasteiger partial charge is 0.310 e. The molecule has 0 saturated heterocycles. The molecule has 25 heavy (non-hydrogen) atoms. The van der Waals surface area contributed by atoms with Crippen LogP contribution < -0.4 is 5.32 Å². The third kappa shape index (κ3) is 4.39. The Hall–Kier alpha value is -1.90. The Labute approximate surface area is 150 Å². The molecule has 0 spiro atoms. The average Bonchev–Trinajstić information content (AvgIpc) is 3.29. The average molecular weight is 417 g/mol. The molecule has 1 unspecified atom stereocenters. The van der Waals surface area contributed by atoms with Crippen molar-refractivity contribution in [1.82, 2.24) is 14.8 Å². The molecule has 2 heterocycles. The molecule has 0 radical (unpaired) electrons. The highest BCUT2D eigenvalue weighted by molar-refractivity contribution is 9.10. The Morgan fingerprint density at radius 2 is 2.16 bits per heavy atom. The van der Waals surface area contributed by atoms with Crippen molar-refractivity contribution >= 4 is 27.7 Å². The number of anilines is 1. The highest BCUT2D eigenvalue weighted by Crippen LogP contribution is 2.42. The zero-order chi connectivity index (χ0) is 18.2. The number of pyridine rings is 1. The van der Waals surface area contributed by atoms with E-state index in [2.05, 4.69) is 31.3 Å². The summed E-state index contributed by atoms with van der Waals surface area (Å²) < 4.78 is 40.8. The van der Waals surface area contributed by atoms with Crippen LogP contribution in [0, 0.1) is 5.92 Å². The lowest BCUT2D eigenvalue weighted by molar-refractivity contribution is -0.141. The van der Waals surface area contributed by atoms with Gasteiger partial charge in [0.05, 0.1) is 12.5 Å². The molecular formula is C16H16BrF3N4O. The molecule has 0 aliphatic heterocycles. The Kier molecular flexibility index (Phi) is 4.86. The van der Waals surface area contributed by atoms with Crippen molar-refractivity contribution in [1.29, 1.82) is 0 Å². The Morgan fingerprint density at radius 1 is 1.44 bits per heavy atom. The van der Waals surface area contributed by atoms with Gasteiger partial charge in [0, 0.05) is 22.3 Å². The fraction of sp³-hybridized carbons (Fsp3) is 0.438. The second-order valence-corrected chi connectivity index (χ2v) is 7.08. The quantitative estimate of drug-likeness (QED) is 0.793. The van der Waals surface area contributed by atoms with E-state index in [9.17, 15) is 18.0 Å². The first-order valence-electron chi connectivity index (χ1n) is 7.81. The SMILES string of the molecule is CC(Cn1nc(C(F)(F)F)cc1C1CC1)C(=O)Nc1ccc(Br)cn1. The highest BCUT2D eigenvalue weighted by atomic mass is 79.9. The first-order chi connectivity index (χ1) is 11.7. The molecule has 1 saturated carbocycles. The van der Waals surface area contributed by atoms with Crippen LogP contribution in [0.1, 0.15) is 37.1 Å². The van der Waals surface area contributed by atoms with Crippen molar-refractivity contribution in [3.8, 4) is 0 Å². The van der Waals surface area contributed by atoms with Crippen molar-refractivity contribution in [2.75, 3.05) is 5.32 Å². The maximum absolute atomic E-state index is 12.9. The molecule has 1 atom stereocenters. The molecule has 1 fully saturated rings. The van der Waals surface area contributed by atoms with Crippen LogP contribution in [-0.4, -0.2) is 20.7 Å². The van der Waals surface area contributed by atoms with Gasteiger partial charge in [-0.1, -0.05) is 6.92 Å². The number of nitrogens with one attached hydrogen (secondary N) is 1. The van der Waals surface area contributed by atoms with Crippen molar-refractivity contribution in [2.45, 2.75) is 38.4 Å². The van der Waals surface area contributed by atoms with Gasteiger partial charge in [-0.15, -0.1) is 0 Å². The van der Waals surface area contributed by atoms with E-state index < -0.39 is 17.8 Å². The van der Waals surface area contributed by atoms with E-state index in [0.29, 0.717) is 11.5 Å². The van der Waals surface area contributed by atoms with Crippen LogP contribution in [0.5, 0.6) is 0 Å². The van der Waals surface area contributed by atoms with Gasteiger partial charge >= 0.3 is 6.18 Å². The zero-order valence-corrected chi connectivity index (χ0v) is 14.9. The molecule has 1 aliphatic rings. The summed E-state index contributed by atoms with van der Waals surface area (Å²) in [6.45, 7) is 1.74. The monoisotopic (exact) mass is 416 g/mol. The summed E-state index contributed by atoms with van der Waals surface area (Å²) in [6.07, 6.45) is -1.23. The summed E-state index contributed by atoms with van der Waals surface area (Å²) >= 11 is 3.25. The Balaban J connectivity index is 1.71. The van der Waals surface area contributed by atoms with Gasteiger partial charge in [-0.25, -0.2) is 4.98 Å². The minimum absolute atomic E-state index is 0.0876. The zero-order valence-electron chi connectivity index (χ0n) is 13.3. The van der Waals surface area contributed by atoms with Gasteiger partial charge in [-0.3, -0.25) is 9.48 Å². The number of alkyl halides is 3. The van der Waals surface area contributed by atoms with Crippen molar-refractivity contribution in [3.05, 3.63) is 40.3 Å². The van der Waals surface area contributed by atoms with E-state index in [4.69, 9.17) is 0 Å². The van der Waals surface area contributed by atoms with Crippen LogP contribution in [-0.2, 0) is 17.5 Å². The van der Waals surface area contributed by atoms with Crippen LogP contribution in [0.3, 0.4) is 0 Å². The predicted octanol–water partition coefficient (Wildman–Crippen LogP) is 4.21. The molecule has 1 aliphatic carbocycles. The number of nitrogens with zero attached hydrogens (tertiary/aromatic N) is 3. The molecule has 9 heteroatoms. The number of amides is 1. The summed E-state index contributed by atoms with van der Waals surface area (Å²) in [6, 6.07) is 4.47. The highest BCUT2D eigenvalue weighted by Gasteiger charge is 2.38. The first kappa shape index (κ1) is 17.9. The van der Waals surface area contributed by atoms with Crippen LogP contribution >= 0.6 is 15.9 Å². The molecule has 3 rings (SSSR count). The van der Waals surface area contributed by atoms with Gasteiger partial charge < -0.3 is 5.32 Å². The normalized spacial score (nSPS) is 15.9. The number of aromatic nitrogens is 3. The molecule has 1 amide bonds. The second-order valence-electron chi connectivity index (χ2n) is 6.16. The molecule has 2 aromatic rings. The van der Waals surface area contributed by atoms with E-state index in [1.165, 1.54) is 4.68 Å². The standard InChI is InChI=1S/C16H16BrF3N4O/c1-9(15(25)22-14-5-4-11(17)7-21-14)8-24-12(10-2-3-10)6-13(23-24)16(18,19)20/h4-7,9-10H,2-3,8H2,1H3,(H,21,22,25). The number of hydrogen-bond donors (Lipinski definition) is 1. The number of carbonyl (C=O) groups excluding carboxylic acids is 1. The lowest BCUT2D eigenvalue weighted by Gasteiger charge is -2.14. The van der Waals surface area contributed by atoms with Crippen molar-refractivity contribution in [3.63, 3.8) is 0 Å². The Bertz CT molecular complexity index is 769. The molecule has 0 bridgehead atoms. The number of halogens is 4. The van der Waals surface area contributed by atoms with E-state index in [1.54, 1.807) is 25.3 Å². The van der Waals surface area contributed by atoms with Crippen molar-refractivity contribution < 1.29 is 18.0 Å². The van der Waals surface area contributed by atoms with E-state index in [-0.39, 0.29) is 18.4 Å².